The van der Waals surface area contributed by atoms with Crippen LogP contribution in [0.4, 0.5) is 10.5 Å². The lowest BCUT2D eigenvalue weighted by Crippen LogP contribution is -2.48. The highest BCUT2D eigenvalue weighted by Gasteiger charge is 2.31. The number of carbonyl (C=O) groups is 3. The van der Waals surface area contributed by atoms with E-state index < -0.39 is 11.5 Å². The maximum Gasteiger partial charge on any atom is 0.410 e. The number of hydrogen-bond donors (Lipinski definition) is 1. The highest BCUT2D eigenvalue weighted by Crippen LogP contribution is 2.32. The molecular formula is C28H39ClN4O4. The van der Waals surface area contributed by atoms with Gasteiger partial charge in [0.15, 0.2) is 0 Å². The number of amides is 3. The van der Waals surface area contributed by atoms with Crippen LogP contribution in [0.3, 0.4) is 0 Å². The molecule has 37 heavy (non-hydrogen) atoms. The fraction of sp³-hybridized carbons (Fsp3) is 0.571. The van der Waals surface area contributed by atoms with Gasteiger partial charge >= 0.3 is 6.09 Å². The van der Waals surface area contributed by atoms with Crippen molar-refractivity contribution in [2.45, 2.75) is 73.0 Å². The summed E-state index contributed by atoms with van der Waals surface area (Å²) in [6.07, 6.45) is 3.16. The Labute approximate surface area is 225 Å². The fourth-order valence-electron chi connectivity index (χ4n) is 4.96. The maximum absolute atomic E-state index is 13.2. The molecular weight excluding hydrogens is 492 g/mol. The van der Waals surface area contributed by atoms with Crippen LogP contribution in [0.25, 0.3) is 0 Å². The van der Waals surface area contributed by atoms with Crippen LogP contribution < -0.4 is 10.2 Å². The number of piperidine rings is 1. The summed E-state index contributed by atoms with van der Waals surface area (Å²) in [6.45, 7) is 15.4. The summed E-state index contributed by atoms with van der Waals surface area (Å²) in [6, 6.07) is 3.76. The fourth-order valence-corrected chi connectivity index (χ4v) is 5.17. The number of allylic oxidation sites excluding steroid dienone is 1. The van der Waals surface area contributed by atoms with Gasteiger partial charge in [0.05, 0.1) is 5.92 Å². The second kappa shape index (κ2) is 11.7. The Morgan fingerprint density at radius 1 is 1.19 bits per heavy atom. The molecule has 0 aliphatic carbocycles. The molecule has 0 aromatic heterocycles. The molecule has 3 amide bonds. The normalized spacial score (nSPS) is 18.8. The number of ether oxygens (including phenoxy) is 1. The lowest BCUT2D eigenvalue weighted by atomic mass is 9.95. The summed E-state index contributed by atoms with van der Waals surface area (Å²) in [5, 5.41) is 3.38. The maximum atomic E-state index is 13.2. The SMILES string of the molecule is CCN(c1cc(Cl)cc(C(=O)NCC2C(=O)N=C(C)C=C2C)c1C)C1CCN(C(=O)OC(C)(C)C)CC1. The van der Waals surface area contributed by atoms with Gasteiger partial charge in [-0.2, -0.15) is 0 Å². The van der Waals surface area contributed by atoms with Crippen LogP contribution in [0.1, 0.15) is 70.3 Å². The molecule has 9 heteroatoms. The number of rotatable bonds is 6. The number of likely N-dealkylation sites (tertiary alicyclic amines) is 1. The number of nitrogens with one attached hydrogen (secondary N) is 1. The topological polar surface area (TPSA) is 91.3 Å². The second-order valence-electron chi connectivity index (χ2n) is 10.8. The minimum atomic E-state index is -0.524. The van der Waals surface area contributed by atoms with Crippen molar-refractivity contribution < 1.29 is 19.1 Å². The molecule has 202 valence electrons. The zero-order valence-electron chi connectivity index (χ0n) is 23.0. The number of dihydropyridines is 1. The Bertz CT molecular complexity index is 1110. The predicted octanol–water partition coefficient (Wildman–Crippen LogP) is 5.17. The highest BCUT2D eigenvalue weighted by molar-refractivity contribution is 6.31. The Kier molecular flexibility index (Phi) is 9.05. The molecule has 1 unspecified atom stereocenters. The molecule has 1 N–H and O–H groups in total. The van der Waals surface area contributed by atoms with E-state index >= 15 is 0 Å². The molecule has 8 nitrogen and oxygen atoms in total. The largest absolute Gasteiger partial charge is 0.444 e. The van der Waals surface area contributed by atoms with Crippen molar-refractivity contribution in [2.24, 2.45) is 10.9 Å². The number of carbonyl (C=O) groups excluding carboxylic acids is 3. The molecule has 0 radical (unpaired) electrons. The zero-order chi connectivity index (χ0) is 27.5. The van der Waals surface area contributed by atoms with Crippen LogP contribution in [0, 0.1) is 12.8 Å². The van der Waals surface area contributed by atoms with Crippen molar-refractivity contribution in [2.75, 3.05) is 31.1 Å². The predicted molar refractivity (Wildman–Crippen MR) is 148 cm³/mol. The first kappa shape index (κ1) is 28.7. The van der Waals surface area contributed by atoms with Gasteiger partial charge in [0.2, 0.25) is 0 Å². The van der Waals surface area contributed by atoms with Crippen molar-refractivity contribution >= 4 is 40.9 Å². The summed E-state index contributed by atoms with van der Waals surface area (Å²) in [5.74, 6) is -0.978. The third kappa shape index (κ3) is 7.12. The van der Waals surface area contributed by atoms with Crippen molar-refractivity contribution in [3.8, 4) is 0 Å². The molecule has 2 heterocycles. The Hall–Kier alpha value is -2.87. The van der Waals surface area contributed by atoms with Gasteiger partial charge in [0, 0.05) is 54.2 Å². The minimum Gasteiger partial charge on any atom is -0.444 e. The molecule has 1 atom stereocenters. The van der Waals surface area contributed by atoms with Gasteiger partial charge in [0.1, 0.15) is 5.60 Å². The number of benzene rings is 1. The van der Waals surface area contributed by atoms with Crippen molar-refractivity contribution in [3.63, 3.8) is 0 Å². The molecule has 0 saturated carbocycles. The molecule has 0 spiro atoms. The molecule has 1 saturated heterocycles. The van der Waals surface area contributed by atoms with E-state index in [4.69, 9.17) is 16.3 Å². The molecule has 2 aliphatic heterocycles. The van der Waals surface area contributed by atoms with Gasteiger partial charge in [-0.05, 0) is 85.1 Å². The van der Waals surface area contributed by atoms with Crippen LogP contribution in [0.2, 0.25) is 5.02 Å². The van der Waals surface area contributed by atoms with E-state index in [0.29, 0.717) is 29.4 Å². The summed E-state index contributed by atoms with van der Waals surface area (Å²) >= 11 is 6.49. The summed E-state index contributed by atoms with van der Waals surface area (Å²) in [5.41, 5.74) is 3.25. The highest BCUT2D eigenvalue weighted by atomic mass is 35.5. The van der Waals surface area contributed by atoms with Gasteiger partial charge < -0.3 is 19.9 Å². The van der Waals surface area contributed by atoms with E-state index in [1.165, 1.54) is 0 Å². The number of halogens is 1. The van der Waals surface area contributed by atoms with Crippen LogP contribution >= 0.6 is 11.6 Å². The van der Waals surface area contributed by atoms with Gasteiger partial charge in [-0.15, -0.1) is 0 Å². The van der Waals surface area contributed by atoms with Gasteiger partial charge in [-0.3, -0.25) is 9.59 Å². The zero-order valence-corrected chi connectivity index (χ0v) is 23.7. The van der Waals surface area contributed by atoms with Gasteiger partial charge in [0.25, 0.3) is 11.8 Å². The van der Waals surface area contributed by atoms with E-state index in [-0.39, 0.29) is 30.5 Å². The third-order valence-electron chi connectivity index (χ3n) is 6.83. The van der Waals surface area contributed by atoms with Crippen molar-refractivity contribution in [1.29, 1.82) is 0 Å². The van der Waals surface area contributed by atoms with E-state index in [0.717, 1.165) is 36.2 Å². The Balaban J connectivity index is 1.72. The van der Waals surface area contributed by atoms with Crippen LogP contribution in [0.15, 0.2) is 28.8 Å². The van der Waals surface area contributed by atoms with Gasteiger partial charge in [-0.1, -0.05) is 17.2 Å². The quantitative estimate of drug-likeness (QED) is 0.548. The average molecular weight is 531 g/mol. The first-order valence-electron chi connectivity index (χ1n) is 12.9. The standard InChI is InChI=1S/C28H39ClN4O4/c1-8-33(21-9-11-32(12-10-21)27(36)37-28(5,6)7)24-15-20(29)14-22(19(24)4)25(34)30-16-23-17(2)13-18(3)31-26(23)35/h13-15,21,23H,8-12,16H2,1-7H3,(H,30,34). The van der Waals surface area contributed by atoms with Crippen LogP contribution in [-0.2, 0) is 9.53 Å². The number of nitrogens with zero attached hydrogens (tertiary/aromatic N) is 3. The van der Waals surface area contributed by atoms with E-state index in [2.05, 4.69) is 22.1 Å². The van der Waals surface area contributed by atoms with E-state index in [1.807, 2.05) is 46.8 Å². The second-order valence-corrected chi connectivity index (χ2v) is 11.3. The molecule has 0 bridgehead atoms. The number of anilines is 1. The molecule has 2 aliphatic rings. The first-order chi connectivity index (χ1) is 17.3. The summed E-state index contributed by atoms with van der Waals surface area (Å²) < 4.78 is 5.53. The summed E-state index contributed by atoms with van der Waals surface area (Å²) in [4.78, 5) is 46.1. The van der Waals surface area contributed by atoms with Crippen molar-refractivity contribution in [1.82, 2.24) is 10.2 Å². The van der Waals surface area contributed by atoms with Crippen LogP contribution in [-0.4, -0.2) is 66.3 Å². The smallest absolute Gasteiger partial charge is 0.410 e. The monoisotopic (exact) mass is 530 g/mol. The summed E-state index contributed by atoms with van der Waals surface area (Å²) in [7, 11) is 0. The Morgan fingerprint density at radius 2 is 1.84 bits per heavy atom. The molecule has 3 rings (SSSR count). The van der Waals surface area contributed by atoms with Crippen molar-refractivity contribution in [3.05, 3.63) is 39.9 Å². The Morgan fingerprint density at radius 3 is 2.41 bits per heavy atom. The average Bonchev–Trinajstić information content (AvgIpc) is 2.80. The number of aliphatic imine (C=N–C) groups is 1. The molecule has 1 fully saturated rings. The molecule has 1 aromatic carbocycles. The van der Waals surface area contributed by atoms with Crippen LogP contribution in [0.5, 0.6) is 0 Å². The lowest BCUT2D eigenvalue weighted by molar-refractivity contribution is -0.120. The van der Waals surface area contributed by atoms with Gasteiger partial charge in [-0.25, -0.2) is 9.79 Å². The minimum absolute atomic E-state index is 0.179. The van der Waals surface area contributed by atoms with E-state index in [9.17, 15) is 14.4 Å². The van der Waals surface area contributed by atoms with E-state index in [1.54, 1.807) is 17.9 Å². The molecule has 1 aromatic rings. The lowest BCUT2D eigenvalue weighted by Gasteiger charge is -2.40. The first-order valence-corrected chi connectivity index (χ1v) is 13.3. The number of hydrogen-bond acceptors (Lipinski definition) is 5. The third-order valence-corrected chi connectivity index (χ3v) is 7.05.